The summed E-state index contributed by atoms with van der Waals surface area (Å²) in [6.45, 7) is 3.57. The van der Waals surface area contributed by atoms with E-state index in [1.165, 1.54) is 19.3 Å². The second-order valence-corrected chi connectivity index (χ2v) is 17.3. The van der Waals surface area contributed by atoms with Gasteiger partial charge in [-0.05, 0) is 74.6 Å². The number of nitrogens with one attached hydrogen (secondary N) is 2. The van der Waals surface area contributed by atoms with E-state index < -0.39 is 29.2 Å². The summed E-state index contributed by atoms with van der Waals surface area (Å²) in [7, 11) is 3.36. The number of benzene rings is 2. The predicted molar refractivity (Wildman–Crippen MR) is 224 cm³/mol. The normalized spacial score (nSPS) is 24.3. The van der Waals surface area contributed by atoms with Crippen LogP contribution in [0.1, 0.15) is 83.8 Å². The van der Waals surface area contributed by atoms with Crippen molar-refractivity contribution in [1.29, 1.82) is 0 Å². The third kappa shape index (κ3) is 8.25. The van der Waals surface area contributed by atoms with Crippen molar-refractivity contribution in [2.75, 3.05) is 38.7 Å². The lowest BCUT2D eigenvalue weighted by atomic mass is 9.80. The fourth-order valence-electron chi connectivity index (χ4n) is 9.54. The van der Waals surface area contributed by atoms with Crippen molar-refractivity contribution in [2.45, 2.75) is 76.6 Å². The van der Waals surface area contributed by atoms with Crippen molar-refractivity contribution in [1.82, 2.24) is 24.8 Å². The van der Waals surface area contributed by atoms with Gasteiger partial charge in [0, 0.05) is 80.4 Å². The van der Waals surface area contributed by atoms with Gasteiger partial charge in [-0.2, -0.15) is 0 Å². The first-order valence-corrected chi connectivity index (χ1v) is 20.9. The minimum atomic E-state index is -0.637. The molecule has 59 heavy (non-hydrogen) atoms. The Hall–Kier alpha value is -4.37. The summed E-state index contributed by atoms with van der Waals surface area (Å²) in [5.41, 5.74) is 4.15. The molecule has 15 heteroatoms. The fraction of sp³-hybridized carbons (Fsp3) is 0.455. The molecular formula is C44H49Cl2FN6O6. The molecule has 4 N–H and O–H groups in total. The number of carbonyl (C=O) groups is 2. The Labute approximate surface area is 352 Å². The zero-order chi connectivity index (χ0) is 41.5. The Morgan fingerprint density at radius 3 is 2.61 bits per heavy atom. The van der Waals surface area contributed by atoms with Gasteiger partial charge in [-0.1, -0.05) is 53.5 Å². The van der Waals surface area contributed by atoms with Gasteiger partial charge < -0.3 is 34.9 Å². The molecule has 0 unspecified atom stereocenters. The van der Waals surface area contributed by atoms with Crippen molar-refractivity contribution < 1.29 is 33.7 Å². The molecule has 0 spiro atoms. The number of hydrogen-bond acceptors (Lipinski definition) is 9. The van der Waals surface area contributed by atoms with Crippen LogP contribution in [0.5, 0.6) is 5.75 Å². The Kier molecular flexibility index (Phi) is 11.9. The van der Waals surface area contributed by atoms with Crippen LogP contribution in [0.2, 0.25) is 10.0 Å². The van der Waals surface area contributed by atoms with E-state index in [9.17, 15) is 19.8 Å². The number of aliphatic hydroxyl groups excluding tert-OH is 1. The lowest BCUT2D eigenvalue weighted by Crippen LogP contribution is -2.46. The van der Waals surface area contributed by atoms with Crippen LogP contribution in [0.3, 0.4) is 0 Å². The lowest BCUT2D eigenvalue weighted by molar-refractivity contribution is -0.148. The largest absolute Gasteiger partial charge is 0.496 e. The molecule has 12 nitrogen and oxygen atoms in total. The quantitative estimate of drug-likeness (QED) is 0.106. The number of anilines is 1. The molecule has 312 valence electrons. The van der Waals surface area contributed by atoms with Crippen molar-refractivity contribution in [2.24, 2.45) is 17.9 Å². The van der Waals surface area contributed by atoms with Gasteiger partial charge >= 0.3 is 5.97 Å². The number of imidazole rings is 1. The molecule has 2 aromatic carbocycles. The molecule has 2 aliphatic carbocycles. The number of ether oxygens (including phenoxy) is 2. The summed E-state index contributed by atoms with van der Waals surface area (Å²) in [6, 6.07) is 11.9. The number of amides is 1. The van der Waals surface area contributed by atoms with E-state index in [4.69, 9.17) is 37.7 Å². The maximum atomic E-state index is 15.8. The first-order valence-electron chi connectivity index (χ1n) is 20.2. The van der Waals surface area contributed by atoms with Crippen LogP contribution in [-0.2, 0) is 36.1 Å². The first-order chi connectivity index (χ1) is 28.4. The molecule has 3 fully saturated rings. The number of carboxylic acids is 1. The monoisotopic (exact) mass is 846 g/mol. The summed E-state index contributed by atoms with van der Waals surface area (Å²) in [5, 5.41) is 26.8. The molecule has 8 rings (SSSR count). The minimum Gasteiger partial charge on any atom is -0.496 e. The summed E-state index contributed by atoms with van der Waals surface area (Å²) in [5.74, 6) is -0.928. The van der Waals surface area contributed by atoms with Crippen molar-refractivity contribution >= 4 is 52.7 Å². The number of pyridine rings is 1. The maximum absolute atomic E-state index is 15.8. The Balaban J connectivity index is 0.938. The summed E-state index contributed by atoms with van der Waals surface area (Å²) >= 11 is 13.9. The number of rotatable bonds is 13. The number of nitrogens with zero attached hydrogens (tertiary/aromatic N) is 4. The van der Waals surface area contributed by atoms with Crippen LogP contribution in [-0.4, -0.2) is 87.1 Å². The Morgan fingerprint density at radius 1 is 1.12 bits per heavy atom. The van der Waals surface area contributed by atoms with Crippen LogP contribution in [0.15, 0.2) is 48.7 Å². The standard InChI is InChI=1S/C44H49Cl2FN6O6/c1-52-35-9-16-53(17-15-43-11-13-44(25-43,14-12-43)42(56)57)23-34(35)50-40(52)41(55)51-32-8-4-7-29(39(32)46)28-6-3-5-26(38(28)45)19-30(47)33-20-37(58-2)27(22-49-33)21-48-31-10-18-59-24-36(31)54/h3-8,19-20,22,31,36,48,54H,9-18,21,23-25H2,1-2H3,(H,51,55)(H,56,57)/b30-19-/t31-,36-,43?,44?/m1/s1. The number of carbonyl (C=O) groups excluding carboxylic acids is 1. The van der Waals surface area contributed by atoms with Gasteiger partial charge in [-0.3, -0.25) is 19.5 Å². The van der Waals surface area contributed by atoms with Crippen LogP contribution < -0.4 is 15.4 Å². The van der Waals surface area contributed by atoms with E-state index in [0.29, 0.717) is 59.8 Å². The predicted octanol–water partition coefficient (Wildman–Crippen LogP) is 7.54. The van der Waals surface area contributed by atoms with E-state index in [1.54, 1.807) is 42.6 Å². The highest BCUT2D eigenvalue weighted by Crippen LogP contribution is 2.63. The average Bonchev–Trinajstić information content (AvgIpc) is 3.92. The minimum absolute atomic E-state index is 0.0654. The van der Waals surface area contributed by atoms with Gasteiger partial charge in [0.2, 0.25) is 0 Å². The second kappa shape index (κ2) is 16.9. The molecule has 4 heterocycles. The highest BCUT2D eigenvalue weighted by atomic mass is 35.5. The lowest BCUT2D eigenvalue weighted by Gasteiger charge is -2.32. The second-order valence-electron chi connectivity index (χ2n) is 16.5. The smallest absolute Gasteiger partial charge is 0.309 e. The maximum Gasteiger partial charge on any atom is 0.309 e. The fourth-order valence-corrected chi connectivity index (χ4v) is 10.1. The van der Waals surface area contributed by atoms with Crippen LogP contribution in [0.25, 0.3) is 23.0 Å². The SMILES string of the molecule is COc1cc(/C(F)=C/c2cccc(-c3cccc(NC(=O)c4nc5c(n4C)CCN(CCC46CCC(C(=O)O)(CC4)C6)C5)c3Cl)c2Cl)ncc1CN[C@@H]1CCOC[C@H]1O. The molecule has 2 saturated carbocycles. The molecule has 0 radical (unpaired) electrons. The first kappa shape index (κ1) is 41.4. The van der Waals surface area contributed by atoms with Crippen molar-refractivity contribution in [3.05, 3.63) is 92.7 Å². The molecule has 2 aliphatic heterocycles. The number of hydrogen-bond donors (Lipinski definition) is 4. The van der Waals surface area contributed by atoms with E-state index in [0.717, 1.165) is 69.4 Å². The molecule has 4 aromatic rings. The topological polar surface area (TPSA) is 151 Å². The Morgan fingerprint density at radius 2 is 1.88 bits per heavy atom. The third-order valence-electron chi connectivity index (χ3n) is 13.1. The van der Waals surface area contributed by atoms with Gasteiger partial charge in [0.1, 0.15) is 17.3 Å². The Bertz CT molecular complexity index is 2290. The van der Waals surface area contributed by atoms with E-state index in [2.05, 4.69) is 20.5 Å². The van der Waals surface area contributed by atoms with Gasteiger partial charge in [0.25, 0.3) is 5.91 Å². The molecule has 2 atom stereocenters. The molecule has 4 aliphatic rings. The zero-order valence-corrected chi connectivity index (χ0v) is 34.7. The highest BCUT2D eigenvalue weighted by Gasteiger charge is 2.57. The number of halogens is 3. The molecular weight excluding hydrogens is 798 g/mol. The van der Waals surface area contributed by atoms with Gasteiger partial charge in [-0.15, -0.1) is 0 Å². The number of carboxylic acid groups (broad SMARTS) is 1. The molecule has 1 saturated heterocycles. The number of methoxy groups -OCH3 is 1. The molecule has 1 amide bonds. The van der Waals surface area contributed by atoms with Crippen molar-refractivity contribution in [3.63, 3.8) is 0 Å². The summed E-state index contributed by atoms with van der Waals surface area (Å²) in [4.78, 5) is 37.2. The zero-order valence-electron chi connectivity index (χ0n) is 33.2. The van der Waals surface area contributed by atoms with Gasteiger partial charge in [0.15, 0.2) is 5.82 Å². The van der Waals surface area contributed by atoms with E-state index >= 15 is 4.39 Å². The van der Waals surface area contributed by atoms with Crippen LogP contribution in [0.4, 0.5) is 10.1 Å². The van der Waals surface area contributed by atoms with Gasteiger partial charge in [-0.25, -0.2) is 9.37 Å². The van der Waals surface area contributed by atoms with Crippen LogP contribution >= 0.6 is 23.2 Å². The summed E-state index contributed by atoms with van der Waals surface area (Å²) < 4.78 is 28.5. The van der Waals surface area contributed by atoms with Crippen LogP contribution in [0, 0.1) is 10.8 Å². The number of fused-ring (bicyclic) bond motifs is 3. The van der Waals surface area contributed by atoms with E-state index in [1.807, 2.05) is 11.6 Å². The number of aliphatic hydroxyl groups is 1. The van der Waals surface area contributed by atoms with Crippen molar-refractivity contribution in [3.8, 4) is 16.9 Å². The molecule has 2 bridgehead atoms. The number of aliphatic carboxylic acids is 1. The molecule has 2 aromatic heterocycles. The highest BCUT2D eigenvalue weighted by molar-refractivity contribution is 6.39. The van der Waals surface area contributed by atoms with E-state index in [-0.39, 0.29) is 39.6 Å². The third-order valence-corrected chi connectivity index (χ3v) is 13.9. The summed E-state index contributed by atoms with van der Waals surface area (Å²) in [6.07, 6.45) is 8.96. The average molecular weight is 848 g/mol. The van der Waals surface area contributed by atoms with Gasteiger partial charge in [0.05, 0.1) is 46.7 Å². The number of aromatic nitrogens is 3.